The zero-order valence-corrected chi connectivity index (χ0v) is 12.5. The van der Waals surface area contributed by atoms with Crippen molar-refractivity contribution in [2.75, 3.05) is 26.8 Å². The van der Waals surface area contributed by atoms with Gasteiger partial charge in [-0.1, -0.05) is 17.7 Å². The number of aryl methyl sites for hydroxylation is 1. The third-order valence-corrected chi connectivity index (χ3v) is 3.18. The summed E-state index contributed by atoms with van der Waals surface area (Å²) in [6, 6.07) is 7.81. The van der Waals surface area contributed by atoms with Crippen molar-refractivity contribution in [1.29, 1.82) is 0 Å². The van der Waals surface area contributed by atoms with Gasteiger partial charge in [0.2, 0.25) is 5.91 Å². The van der Waals surface area contributed by atoms with Gasteiger partial charge in [-0.15, -0.1) is 0 Å². The van der Waals surface area contributed by atoms with Crippen molar-refractivity contribution in [1.82, 2.24) is 4.90 Å². The first-order valence-electron chi connectivity index (χ1n) is 7.18. The number of rotatable bonds is 9. The predicted octanol–water partition coefficient (Wildman–Crippen LogP) is 2.38. The fourth-order valence-electron chi connectivity index (χ4n) is 1.84. The van der Waals surface area contributed by atoms with Crippen LogP contribution in [0.1, 0.15) is 31.2 Å². The molecular formula is C16H25NO3. The number of unbranched alkanes of at least 4 members (excludes halogenated alkanes) is 2. The van der Waals surface area contributed by atoms with Crippen molar-refractivity contribution in [3.8, 4) is 5.75 Å². The van der Waals surface area contributed by atoms with Crippen LogP contribution in [0, 0.1) is 6.92 Å². The number of ether oxygens (including phenoxy) is 1. The van der Waals surface area contributed by atoms with Gasteiger partial charge in [0.15, 0.2) is 0 Å². The SMILES string of the molecule is Cc1ccc(OCCC(=O)N(C)CCCCCO)cc1. The highest BCUT2D eigenvalue weighted by atomic mass is 16.5. The molecule has 0 atom stereocenters. The van der Waals surface area contributed by atoms with Crippen LogP contribution in [0.5, 0.6) is 5.75 Å². The van der Waals surface area contributed by atoms with Crippen LogP contribution < -0.4 is 4.74 Å². The fraction of sp³-hybridized carbons (Fsp3) is 0.562. The third-order valence-electron chi connectivity index (χ3n) is 3.18. The molecule has 1 aromatic carbocycles. The highest BCUT2D eigenvalue weighted by Crippen LogP contribution is 2.11. The summed E-state index contributed by atoms with van der Waals surface area (Å²) >= 11 is 0. The lowest BCUT2D eigenvalue weighted by Gasteiger charge is -2.17. The summed E-state index contributed by atoms with van der Waals surface area (Å²) in [5, 5.41) is 8.69. The lowest BCUT2D eigenvalue weighted by Crippen LogP contribution is -2.28. The maximum atomic E-state index is 11.8. The average molecular weight is 279 g/mol. The van der Waals surface area contributed by atoms with Crippen LogP contribution in [0.25, 0.3) is 0 Å². The molecule has 0 radical (unpaired) electrons. The smallest absolute Gasteiger partial charge is 0.225 e. The van der Waals surface area contributed by atoms with Gasteiger partial charge in [-0.05, 0) is 38.3 Å². The van der Waals surface area contributed by atoms with E-state index in [1.807, 2.05) is 38.2 Å². The zero-order chi connectivity index (χ0) is 14.8. The largest absolute Gasteiger partial charge is 0.493 e. The van der Waals surface area contributed by atoms with E-state index < -0.39 is 0 Å². The van der Waals surface area contributed by atoms with Gasteiger partial charge in [0.1, 0.15) is 5.75 Å². The quantitative estimate of drug-likeness (QED) is 0.706. The molecule has 1 aromatic rings. The molecule has 0 spiro atoms. The number of carbonyl (C=O) groups is 1. The van der Waals surface area contributed by atoms with E-state index in [9.17, 15) is 4.79 Å². The Morgan fingerprint density at radius 3 is 2.55 bits per heavy atom. The second kappa shape index (κ2) is 9.37. The molecule has 112 valence electrons. The highest BCUT2D eigenvalue weighted by molar-refractivity contribution is 5.75. The minimum atomic E-state index is 0.0983. The van der Waals surface area contributed by atoms with Gasteiger partial charge in [-0.2, -0.15) is 0 Å². The molecule has 1 rings (SSSR count). The fourth-order valence-corrected chi connectivity index (χ4v) is 1.84. The van der Waals surface area contributed by atoms with Crippen LogP contribution in [0.15, 0.2) is 24.3 Å². The lowest BCUT2D eigenvalue weighted by molar-refractivity contribution is -0.130. The molecule has 1 amide bonds. The third kappa shape index (κ3) is 6.57. The van der Waals surface area contributed by atoms with E-state index in [0.29, 0.717) is 13.0 Å². The minimum Gasteiger partial charge on any atom is -0.493 e. The molecule has 0 aliphatic rings. The molecular weight excluding hydrogens is 254 g/mol. The molecule has 0 saturated carbocycles. The summed E-state index contributed by atoms with van der Waals surface area (Å²) in [6.07, 6.45) is 3.08. The summed E-state index contributed by atoms with van der Waals surface area (Å²) in [6.45, 7) is 3.40. The lowest BCUT2D eigenvalue weighted by atomic mass is 10.2. The number of aliphatic hydroxyl groups is 1. The number of hydrogen-bond acceptors (Lipinski definition) is 3. The Bertz CT molecular complexity index is 389. The molecule has 4 nitrogen and oxygen atoms in total. The Labute approximate surface area is 121 Å². The number of carbonyl (C=O) groups excluding carboxylic acids is 1. The van der Waals surface area contributed by atoms with E-state index >= 15 is 0 Å². The van der Waals surface area contributed by atoms with Crippen LogP contribution in [-0.2, 0) is 4.79 Å². The van der Waals surface area contributed by atoms with E-state index in [-0.39, 0.29) is 12.5 Å². The number of benzene rings is 1. The van der Waals surface area contributed by atoms with Crippen molar-refractivity contribution in [2.24, 2.45) is 0 Å². The summed E-state index contributed by atoms with van der Waals surface area (Å²) in [5.41, 5.74) is 1.19. The Balaban J connectivity index is 2.17. The number of aliphatic hydroxyl groups excluding tert-OH is 1. The van der Waals surface area contributed by atoms with E-state index in [4.69, 9.17) is 9.84 Å². The maximum absolute atomic E-state index is 11.8. The van der Waals surface area contributed by atoms with E-state index in [0.717, 1.165) is 31.6 Å². The standard InChI is InChI=1S/C16H25NO3/c1-14-6-8-15(9-7-14)20-13-10-16(19)17(2)11-4-3-5-12-18/h6-9,18H,3-5,10-13H2,1-2H3. The molecule has 0 unspecified atom stereocenters. The van der Waals surface area contributed by atoms with Crippen LogP contribution >= 0.6 is 0 Å². The van der Waals surface area contributed by atoms with Crippen LogP contribution in [0.3, 0.4) is 0 Å². The van der Waals surface area contributed by atoms with Gasteiger partial charge in [0.25, 0.3) is 0 Å². The first-order valence-corrected chi connectivity index (χ1v) is 7.18. The van der Waals surface area contributed by atoms with Gasteiger partial charge >= 0.3 is 0 Å². The first kappa shape index (κ1) is 16.5. The molecule has 0 saturated heterocycles. The molecule has 0 aromatic heterocycles. The summed E-state index contributed by atoms with van der Waals surface area (Å²) in [5.74, 6) is 0.898. The van der Waals surface area contributed by atoms with E-state index in [2.05, 4.69) is 0 Å². The summed E-state index contributed by atoms with van der Waals surface area (Å²) in [7, 11) is 1.81. The van der Waals surface area contributed by atoms with E-state index in [1.165, 1.54) is 5.56 Å². The van der Waals surface area contributed by atoms with Crippen LogP contribution in [-0.4, -0.2) is 42.7 Å². The highest BCUT2D eigenvalue weighted by Gasteiger charge is 2.08. The Morgan fingerprint density at radius 2 is 1.90 bits per heavy atom. The Hall–Kier alpha value is -1.55. The molecule has 0 fully saturated rings. The molecule has 0 aliphatic heterocycles. The van der Waals surface area contributed by atoms with Crippen LogP contribution in [0.2, 0.25) is 0 Å². The minimum absolute atomic E-state index is 0.0983. The summed E-state index contributed by atoms with van der Waals surface area (Å²) in [4.78, 5) is 13.6. The molecule has 1 N–H and O–H groups in total. The number of nitrogens with zero attached hydrogens (tertiary/aromatic N) is 1. The predicted molar refractivity (Wildman–Crippen MR) is 79.9 cm³/mol. The van der Waals surface area contributed by atoms with Crippen molar-refractivity contribution in [3.05, 3.63) is 29.8 Å². The maximum Gasteiger partial charge on any atom is 0.225 e. The monoisotopic (exact) mass is 279 g/mol. The average Bonchev–Trinajstić information content (AvgIpc) is 2.45. The van der Waals surface area contributed by atoms with Crippen molar-refractivity contribution >= 4 is 5.91 Å². The molecule has 4 heteroatoms. The van der Waals surface area contributed by atoms with Crippen LogP contribution in [0.4, 0.5) is 0 Å². The molecule has 0 bridgehead atoms. The zero-order valence-electron chi connectivity index (χ0n) is 12.5. The molecule has 0 heterocycles. The van der Waals surface area contributed by atoms with Gasteiger partial charge in [-0.25, -0.2) is 0 Å². The topological polar surface area (TPSA) is 49.8 Å². The first-order chi connectivity index (χ1) is 9.63. The second-order valence-electron chi connectivity index (χ2n) is 5.01. The number of amides is 1. The van der Waals surface area contributed by atoms with Gasteiger partial charge in [0.05, 0.1) is 13.0 Å². The van der Waals surface area contributed by atoms with Gasteiger partial charge in [0, 0.05) is 20.2 Å². The van der Waals surface area contributed by atoms with Gasteiger partial charge in [-0.3, -0.25) is 4.79 Å². The Morgan fingerprint density at radius 1 is 1.20 bits per heavy atom. The van der Waals surface area contributed by atoms with Gasteiger partial charge < -0.3 is 14.7 Å². The molecule has 20 heavy (non-hydrogen) atoms. The summed E-state index contributed by atoms with van der Waals surface area (Å²) < 4.78 is 5.54. The van der Waals surface area contributed by atoms with Crippen molar-refractivity contribution < 1.29 is 14.6 Å². The number of hydrogen-bond donors (Lipinski definition) is 1. The normalized spacial score (nSPS) is 10.3. The Kier molecular flexibility index (Phi) is 7.73. The van der Waals surface area contributed by atoms with Crippen molar-refractivity contribution in [3.63, 3.8) is 0 Å². The van der Waals surface area contributed by atoms with Crippen molar-refractivity contribution in [2.45, 2.75) is 32.6 Å². The molecule has 0 aliphatic carbocycles. The van der Waals surface area contributed by atoms with E-state index in [1.54, 1.807) is 4.90 Å². The second-order valence-corrected chi connectivity index (χ2v) is 5.01.